The fourth-order valence-corrected chi connectivity index (χ4v) is 5.98. The summed E-state index contributed by atoms with van der Waals surface area (Å²) in [6.45, 7) is 6.62. The maximum absolute atomic E-state index is 13.7. The first-order valence-electron chi connectivity index (χ1n) is 14.3. The molecule has 6 heteroatoms. The maximum Gasteiger partial charge on any atom is 0.272 e. The van der Waals surface area contributed by atoms with Crippen molar-refractivity contribution in [2.24, 2.45) is 22.7 Å². The molecule has 1 unspecified atom stereocenters. The quantitative estimate of drug-likeness (QED) is 0.261. The van der Waals surface area contributed by atoms with Crippen molar-refractivity contribution in [3.05, 3.63) is 46.4 Å². The lowest BCUT2D eigenvalue weighted by atomic mass is 9.77. The molecule has 0 radical (unpaired) electrons. The highest BCUT2D eigenvalue weighted by molar-refractivity contribution is 5.84. The van der Waals surface area contributed by atoms with Gasteiger partial charge in [-0.2, -0.15) is 0 Å². The minimum absolute atomic E-state index is 0.0152. The first kappa shape index (κ1) is 29.7. The van der Waals surface area contributed by atoms with Gasteiger partial charge in [0.15, 0.2) is 0 Å². The number of fused-ring (bicyclic) bond motifs is 1. The van der Waals surface area contributed by atoms with Crippen LogP contribution in [0.3, 0.4) is 0 Å². The van der Waals surface area contributed by atoms with Crippen LogP contribution in [0.15, 0.2) is 51.4 Å². The monoisotopic (exact) mass is 523 g/mol. The number of nitrogens with zero attached hydrogens (tertiary/aromatic N) is 1. The first-order valence-corrected chi connectivity index (χ1v) is 14.3. The number of alkyl halides is 4. The summed E-state index contributed by atoms with van der Waals surface area (Å²) in [5.74, 6) is -1.99. The van der Waals surface area contributed by atoms with E-state index in [2.05, 4.69) is 32.1 Å². The Balaban J connectivity index is 1.84. The highest BCUT2D eigenvalue weighted by Crippen LogP contribution is 2.41. The number of allylic oxidation sites excluding steroid dienone is 7. The molecule has 208 valence electrons. The van der Waals surface area contributed by atoms with Gasteiger partial charge in [-0.15, -0.1) is 0 Å². The normalized spacial score (nSPS) is 30.8. The molecule has 2 aliphatic carbocycles. The van der Waals surface area contributed by atoms with E-state index in [1.807, 2.05) is 6.92 Å². The largest absolute Gasteiger partial charge is 0.491 e. The Kier molecular flexibility index (Phi) is 11.1. The Morgan fingerprint density at radius 2 is 1.92 bits per heavy atom. The van der Waals surface area contributed by atoms with Crippen LogP contribution in [0.1, 0.15) is 105 Å². The van der Waals surface area contributed by atoms with Crippen molar-refractivity contribution in [3.8, 4) is 0 Å². The molecule has 0 aromatic rings. The molecule has 0 amide bonds. The molecule has 0 aromatic carbocycles. The van der Waals surface area contributed by atoms with Crippen molar-refractivity contribution in [1.82, 2.24) is 0 Å². The Morgan fingerprint density at radius 1 is 1.19 bits per heavy atom. The van der Waals surface area contributed by atoms with Gasteiger partial charge in [-0.3, -0.25) is 4.99 Å². The highest BCUT2D eigenvalue weighted by Gasteiger charge is 2.36. The van der Waals surface area contributed by atoms with Gasteiger partial charge in [-0.1, -0.05) is 32.4 Å². The van der Waals surface area contributed by atoms with Crippen LogP contribution >= 0.6 is 0 Å². The molecule has 37 heavy (non-hydrogen) atoms. The van der Waals surface area contributed by atoms with Crippen molar-refractivity contribution in [3.63, 3.8) is 0 Å². The third-order valence-corrected chi connectivity index (χ3v) is 8.12. The van der Waals surface area contributed by atoms with E-state index in [0.29, 0.717) is 24.5 Å². The molecule has 1 aliphatic heterocycles. The second kappa shape index (κ2) is 13.8. The molecule has 1 fully saturated rings. The summed E-state index contributed by atoms with van der Waals surface area (Å²) >= 11 is 0. The number of rotatable bonds is 10. The molecule has 0 N–H and O–H groups in total. The third-order valence-electron chi connectivity index (χ3n) is 8.12. The zero-order valence-corrected chi connectivity index (χ0v) is 23.1. The fraction of sp³-hybridized carbons (Fsp3) is 0.710. The number of hydrogen-bond donors (Lipinski definition) is 0. The number of aliphatic imine (C=N–C) groups is 1. The predicted molar refractivity (Wildman–Crippen MR) is 144 cm³/mol. The summed E-state index contributed by atoms with van der Waals surface area (Å²) in [6.07, 6.45) is 14.1. The molecule has 0 aromatic heterocycles. The minimum Gasteiger partial charge on any atom is -0.491 e. The van der Waals surface area contributed by atoms with Crippen molar-refractivity contribution in [2.75, 3.05) is 6.61 Å². The zero-order chi connectivity index (χ0) is 27.0. The van der Waals surface area contributed by atoms with Gasteiger partial charge in [0.25, 0.3) is 6.43 Å². The average Bonchev–Trinajstić information content (AvgIpc) is 3.00. The lowest BCUT2D eigenvalue weighted by Crippen LogP contribution is -2.28. The third kappa shape index (κ3) is 8.85. The summed E-state index contributed by atoms with van der Waals surface area (Å²) in [5, 5.41) is 0. The Morgan fingerprint density at radius 3 is 2.57 bits per heavy atom. The second-order valence-corrected chi connectivity index (χ2v) is 11.3. The molecule has 0 bridgehead atoms. The van der Waals surface area contributed by atoms with E-state index in [9.17, 15) is 17.6 Å². The van der Waals surface area contributed by atoms with Crippen LogP contribution < -0.4 is 0 Å². The van der Waals surface area contributed by atoms with Gasteiger partial charge >= 0.3 is 0 Å². The van der Waals surface area contributed by atoms with Crippen molar-refractivity contribution < 1.29 is 22.3 Å². The lowest BCUT2D eigenvalue weighted by molar-refractivity contribution is -0.0581. The fourth-order valence-electron chi connectivity index (χ4n) is 5.98. The van der Waals surface area contributed by atoms with E-state index < -0.39 is 24.9 Å². The van der Waals surface area contributed by atoms with Gasteiger partial charge in [0.05, 0.1) is 5.70 Å². The smallest absolute Gasteiger partial charge is 0.272 e. The van der Waals surface area contributed by atoms with E-state index >= 15 is 0 Å². The van der Waals surface area contributed by atoms with Crippen LogP contribution in [0.25, 0.3) is 0 Å². The Bertz CT molecular complexity index is 914. The standard InChI is InChI=1S/C31H45F4NO/c1-5-8-24(11-7-10-23-14-17-26(18-15-23)31(4,34)35)27-19-28-25(12-6-9-22(3)36-28)16-13-21(2)30(27)37-20-29(32)33/h8,16,19,21,23,26,29H,5-7,9-15,17-18,20H2,1-4H3/b24-8+,25-16+,28-19+,30-27-. The van der Waals surface area contributed by atoms with Crippen LogP contribution in [0.5, 0.6) is 0 Å². The molecule has 3 rings (SSSR count). The molecule has 0 saturated heterocycles. The van der Waals surface area contributed by atoms with Gasteiger partial charge in [-0.25, -0.2) is 17.6 Å². The van der Waals surface area contributed by atoms with Crippen LogP contribution in [-0.2, 0) is 4.74 Å². The maximum atomic E-state index is 13.7. The van der Waals surface area contributed by atoms with E-state index in [1.54, 1.807) is 0 Å². The molecular formula is C31H45F4NO. The van der Waals surface area contributed by atoms with Crippen LogP contribution in [-0.4, -0.2) is 24.7 Å². The van der Waals surface area contributed by atoms with Gasteiger partial charge < -0.3 is 4.74 Å². The predicted octanol–water partition coefficient (Wildman–Crippen LogP) is 9.99. The highest BCUT2D eigenvalue weighted by atomic mass is 19.3. The zero-order valence-electron chi connectivity index (χ0n) is 23.1. The van der Waals surface area contributed by atoms with Crippen LogP contribution in [0.4, 0.5) is 17.6 Å². The van der Waals surface area contributed by atoms with Gasteiger partial charge in [0.1, 0.15) is 12.4 Å². The summed E-state index contributed by atoms with van der Waals surface area (Å²) in [7, 11) is 0. The average molecular weight is 524 g/mol. The molecule has 1 atom stereocenters. The van der Waals surface area contributed by atoms with E-state index in [4.69, 9.17) is 9.73 Å². The summed E-state index contributed by atoms with van der Waals surface area (Å²) in [4.78, 5) is 4.91. The summed E-state index contributed by atoms with van der Waals surface area (Å²) < 4.78 is 59.6. The van der Waals surface area contributed by atoms with E-state index in [1.165, 1.54) is 5.57 Å². The Hall–Kier alpha value is -1.85. The number of halogens is 4. The molecular weight excluding hydrogens is 478 g/mol. The minimum atomic E-state index is -2.59. The van der Waals surface area contributed by atoms with Crippen molar-refractivity contribution in [1.29, 1.82) is 0 Å². The Labute approximate surface area is 221 Å². The van der Waals surface area contributed by atoms with Gasteiger partial charge in [0.2, 0.25) is 5.92 Å². The van der Waals surface area contributed by atoms with Gasteiger partial charge in [0, 0.05) is 23.1 Å². The van der Waals surface area contributed by atoms with E-state index in [0.717, 1.165) is 93.7 Å². The molecule has 2 nitrogen and oxygen atoms in total. The molecule has 1 heterocycles. The van der Waals surface area contributed by atoms with E-state index in [-0.39, 0.29) is 5.92 Å². The van der Waals surface area contributed by atoms with Crippen LogP contribution in [0.2, 0.25) is 0 Å². The summed E-state index contributed by atoms with van der Waals surface area (Å²) in [5.41, 5.74) is 5.28. The molecule has 3 aliphatic rings. The second-order valence-electron chi connectivity index (χ2n) is 11.3. The number of ether oxygens (including phenoxy) is 1. The van der Waals surface area contributed by atoms with Crippen molar-refractivity contribution >= 4 is 5.71 Å². The van der Waals surface area contributed by atoms with Crippen LogP contribution in [0, 0.1) is 17.8 Å². The van der Waals surface area contributed by atoms with Gasteiger partial charge in [-0.05, 0) is 108 Å². The lowest BCUT2D eigenvalue weighted by Gasteiger charge is -2.32. The summed E-state index contributed by atoms with van der Waals surface area (Å²) in [6, 6.07) is 0. The molecule has 1 saturated carbocycles. The van der Waals surface area contributed by atoms with Crippen molar-refractivity contribution in [2.45, 2.75) is 117 Å². The topological polar surface area (TPSA) is 21.6 Å². The molecule has 0 spiro atoms. The SMILES string of the molecule is CC/C=C(CCCC1CCC(C(C)(F)F)CC1)/C1=C(\OCC(F)F)C(C)C/C=C2\CCCC(C)=N\C2=C\1. The number of hydrogen-bond acceptors (Lipinski definition) is 2. The first-order chi connectivity index (χ1) is 17.6.